The third-order valence-electron chi connectivity index (χ3n) is 10.5. The van der Waals surface area contributed by atoms with Gasteiger partial charge in [-0.15, -0.1) is 0 Å². The molecule has 7 rings (SSSR count). The number of hydrogen-bond donors (Lipinski definition) is 1. The Morgan fingerprint density at radius 2 is 1.59 bits per heavy atom. The average Bonchev–Trinajstić information content (AvgIpc) is 3.42. The third-order valence-corrected chi connectivity index (χ3v) is 10.8. The van der Waals surface area contributed by atoms with Gasteiger partial charge in [0.2, 0.25) is 11.9 Å². The molecule has 5 amide bonds. The quantitative estimate of drug-likeness (QED) is 0.222. The summed E-state index contributed by atoms with van der Waals surface area (Å²) in [5, 5.41) is 9.43. The molecule has 0 spiro atoms. The van der Waals surface area contributed by atoms with Crippen LogP contribution in [0.15, 0.2) is 48.8 Å². The summed E-state index contributed by atoms with van der Waals surface area (Å²) in [6, 6.07) is 10.2. The molecule has 3 aromatic rings. The number of likely N-dealkylation sites (tertiary alicyclic amines) is 1. The lowest BCUT2D eigenvalue weighted by atomic mass is 9.89. The van der Waals surface area contributed by atoms with Gasteiger partial charge in [-0.25, -0.2) is 9.97 Å². The summed E-state index contributed by atoms with van der Waals surface area (Å²) in [5.74, 6) is -0.980. The molecule has 1 atom stereocenters. The van der Waals surface area contributed by atoms with E-state index in [0.717, 1.165) is 44.0 Å². The normalized spacial score (nSPS) is 21.9. The van der Waals surface area contributed by atoms with E-state index in [2.05, 4.69) is 19.8 Å². The standard InChI is InChI=1S/C38H39ClN8O7/c39-31-19-28(5-2-23(31)20-40)54-26-6-3-25(4-7-26)46-33(48)11-10-32(37(46)52)47-35(50)29-9-8-27(18-30(29)36(47)51)53-17-1-12-44-13-15-45(16-14-44)38-42-21-24(22-43-38)34(41)49/h2,5,8-9,18-19,21-22,25-26,32H,1,3-4,6-7,10-17H2,(H2,41,49). The summed E-state index contributed by atoms with van der Waals surface area (Å²) in [5.41, 5.74) is 6.28. The van der Waals surface area contributed by atoms with E-state index in [1.54, 1.807) is 36.4 Å². The number of carbonyl (C=O) groups is 5. The number of piperazine rings is 1. The molecular formula is C38H39ClN8O7. The number of primary amides is 1. The highest BCUT2D eigenvalue weighted by Crippen LogP contribution is 2.35. The second kappa shape index (κ2) is 15.8. The summed E-state index contributed by atoms with van der Waals surface area (Å²) in [6.07, 6.45) is 5.76. The van der Waals surface area contributed by atoms with Crippen LogP contribution >= 0.6 is 11.6 Å². The number of hydrogen-bond acceptors (Lipinski definition) is 12. The summed E-state index contributed by atoms with van der Waals surface area (Å²) >= 11 is 6.15. The SMILES string of the molecule is N#Cc1ccc(OC2CCC(N3C(=O)CCC(N4C(=O)c5ccc(OCCCN6CCN(c7ncc(C(N)=O)cn7)CC6)cc5C4=O)C3=O)CC2)cc1Cl. The first kappa shape index (κ1) is 36.8. The van der Waals surface area contributed by atoms with Gasteiger partial charge in [0.25, 0.3) is 23.6 Å². The number of rotatable bonds is 11. The predicted octanol–water partition coefficient (Wildman–Crippen LogP) is 3.20. The zero-order chi connectivity index (χ0) is 37.9. The predicted molar refractivity (Wildman–Crippen MR) is 194 cm³/mol. The second-order valence-corrected chi connectivity index (χ2v) is 14.2. The van der Waals surface area contributed by atoms with E-state index >= 15 is 0 Å². The number of anilines is 1. The van der Waals surface area contributed by atoms with Crippen molar-refractivity contribution in [3.63, 3.8) is 0 Å². The number of amides is 5. The van der Waals surface area contributed by atoms with E-state index in [1.807, 2.05) is 6.07 Å². The number of carbonyl (C=O) groups excluding carboxylic acids is 5. The minimum Gasteiger partial charge on any atom is -0.494 e. The molecule has 4 heterocycles. The lowest BCUT2D eigenvalue weighted by Crippen LogP contribution is -2.59. The minimum atomic E-state index is -1.07. The van der Waals surface area contributed by atoms with Crippen LogP contribution in [-0.2, 0) is 9.59 Å². The molecule has 54 heavy (non-hydrogen) atoms. The Kier molecular flexibility index (Phi) is 10.7. The first-order valence-electron chi connectivity index (χ1n) is 18.1. The number of benzene rings is 2. The molecule has 3 fully saturated rings. The van der Waals surface area contributed by atoms with Gasteiger partial charge in [0.05, 0.1) is 40.0 Å². The van der Waals surface area contributed by atoms with Crippen molar-refractivity contribution in [2.45, 2.75) is 63.1 Å². The summed E-state index contributed by atoms with van der Waals surface area (Å²) in [6.45, 7) is 4.27. The lowest BCUT2D eigenvalue weighted by molar-refractivity contribution is -0.155. The number of nitrogens with two attached hydrogens (primary N) is 1. The van der Waals surface area contributed by atoms with E-state index in [9.17, 15) is 24.0 Å². The van der Waals surface area contributed by atoms with Crippen LogP contribution in [0.1, 0.15) is 81.6 Å². The number of nitrogens with zero attached hydrogens (tertiary/aromatic N) is 7. The molecule has 1 unspecified atom stereocenters. The van der Waals surface area contributed by atoms with Crippen LogP contribution in [-0.4, -0.2) is 112 Å². The van der Waals surface area contributed by atoms with E-state index in [-0.39, 0.29) is 47.6 Å². The Labute approximate surface area is 316 Å². The molecule has 2 N–H and O–H groups in total. The average molecular weight is 755 g/mol. The Bertz CT molecular complexity index is 2010. The molecule has 1 saturated carbocycles. The zero-order valence-corrected chi connectivity index (χ0v) is 30.2. The highest BCUT2D eigenvalue weighted by atomic mass is 35.5. The van der Waals surface area contributed by atoms with Crippen LogP contribution in [0.2, 0.25) is 5.02 Å². The maximum absolute atomic E-state index is 13.9. The monoisotopic (exact) mass is 754 g/mol. The molecule has 1 aromatic heterocycles. The van der Waals surface area contributed by atoms with Crippen molar-refractivity contribution in [2.75, 3.05) is 44.2 Å². The molecule has 280 valence electrons. The van der Waals surface area contributed by atoms with Crippen molar-refractivity contribution in [1.29, 1.82) is 5.26 Å². The van der Waals surface area contributed by atoms with Gasteiger partial charge in [0.1, 0.15) is 23.6 Å². The molecule has 16 heteroatoms. The Morgan fingerprint density at radius 1 is 0.889 bits per heavy atom. The topological polar surface area (TPSA) is 192 Å². The maximum atomic E-state index is 13.9. The number of fused-ring (bicyclic) bond motifs is 1. The minimum absolute atomic E-state index is 0.0468. The van der Waals surface area contributed by atoms with Crippen LogP contribution in [0.5, 0.6) is 11.5 Å². The second-order valence-electron chi connectivity index (χ2n) is 13.8. The van der Waals surface area contributed by atoms with Gasteiger partial charge in [0, 0.05) is 63.6 Å². The van der Waals surface area contributed by atoms with Crippen molar-refractivity contribution >= 4 is 47.1 Å². The van der Waals surface area contributed by atoms with Crippen LogP contribution in [0, 0.1) is 11.3 Å². The van der Waals surface area contributed by atoms with Crippen LogP contribution in [0.3, 0.4) is 0 Å². The number of imide groups is 2. The van der Waals surface area contributed by atoms with Crippen molar-refractivity contribution in [1.82, 2.24) is 24.7 Å². The molecule has 2 aromatic carbocycles. The largest absolute Gasteiger partial charge is 0.494 e. The first-order valence-corrected chi connectivity index (χ1v) is 18.4. The van der Waals surface area contributed by atoms with Gasteiger partial charge < -0.3 is 20.1 Å². The van der Waals surface area contributed by atoms with Crippen molar-refractivity contribution in [2.24, 2.45) is 5.73 Å². The Morgan fingerprint density at radius 3 is 2.28 bits per heavy atom. The smallest absolute Gasteiger partial charge is 0.262 e. The molecular weight excluding hydrogens is 716 g/mol. The third kappa shape index (κ3) is 7.57. The fourth-order valence-corrected chi connectivity index (χ4v) is 7.77. The maximum Gasteiger partial charge on any atom is 0.262 e. The van der Waals surface area contributed by atoms with Crippen LogP contribution in [0.25, 0.3) is 0 Å². The van der Waals surface area contributed by atoms with E-state index < -0.39 is 29.7 Å². The fraction of sp³-hybridized carbons (Fsp3) is 0.421. The van der Waals surface area contributed by atoms with Gasteiger partial charge >= 0.3 is 0 Å². The Balaban J connectivity index is 0.893. The highest BCUT2D eigenvalue weighted by Gasteiger charge is 2.49. The summed E-state index contributed by atoms with van der Waals surface area (Å²) in [7, 11) is 0. The lowest BCUT2D eigenvalue weighted by Gasteiger charge is -2.41. The highest BCUT2D eigenvalue weighted by molar-refractivity contribution is 6.31. The van der Waals surface area contributed by atoms with Crippen LogP contribution < -0.4 is 20.1 Å². The first-order chi connectivity index (χ1) is 26.1. The van der Waals surface area contributed by atoms with E-state index in [0.29, 0.717) is 60.3 Å². The Hall–Kier alpha value is -5.59. The van der Waals surface area contributed by atoms with E-state index in [4.69, 9.17) is 32.1 Å². The number of halogens is 1. The number of nitriles is 1. The zero-order valence-electron chi connectivity index (χ0n) is 29.5. The van der Waals surface area contributed by atoms with E-state index in [1.165, 1.54) is 17.3 Å². The molecule has 1 aliphatic carbocycles. The molecule has 4 aliphatic rings. The van der Waals surface area contributed by atoms with Crippen molar-refractivity contribution in [3.8, 4) is 17.6 Å². The molecule has 0 radical (unpaired) electrons. The van der Waals surface area contributed by atoms with Crippen molar-refractivity contribution < 1.29 is 33.4 Å². The van der Waals surface area contributed by atoms with Gasteiger partial charge in [-0.2, -0.15) is 5.26 Å². The van der Waals surface area contributed by atoms with Gasteiger partial charge in [-0.3, -0.25) is 38.7 Å². The summed E-state index contributed by atoms with van der Waals surface area (Å²) < 4.78 is 12.1. The van der Waals surface area contributed by atoms with Gasteiger partial charge in [0.15, 0.2) is 0 Å². The number of ether oxygens (including phenoxy) is 2. The number of aromatic nitrogens is 2. The van der Waals surface area contributed by atoms with Gasteiger partial charge in [-0.1, -0.05) is 11.6 Å². The molecule has 3 aliphatic heterocycles. The molecule has 0 bridgehead atoms. The fourth-order valence-electron chi connectivity index (χ4n) is 7.56. The summed E-state index contributed by atoms with van der Waals surface area (Å²) in [4.78, 5) is 80.6. The number of piperidine rings is 1. The van der Waals surface area contributed by atoms with Crippen LogP contribution in [0.4, 0.5) is 5.95 Å². The molecule has 2 saturated heterocycles. The van der Waals surface area contributed by atoms with Gasteiger partial charge in [-0.05, 0) is 68.9 Å². The molecule has 15 nitrogen and oxygen atoms in total. The van der Waals surface area contributed by atoms with Crippen molar-refractivity contribution in [3.05, 3.63) is 76.1 Å².